The van der Waals surface area contributed by atoms with Crippen LogP contribution in [-0.4, -0.2) is 44.5 Å². The number of amides is 1. The zero-order valence-electron chi connectivity index (χ0n) is 14.6. The molecule has 3 rings (SSSR count). The molecular weight excluding hydrogens is 334 g/mol. The smallest absolute Gasteiger partial charge is 0.238 e. The van der Waals surface area contributed by atoms with Crippen LogP contribution in [0.15, 0.2) is 54.6 Å². The summed E-state index contributed by atoms with van der Waals surface area (Å²) in [4.78, 5) is 14.4. The van der Waals surface area contributed by atoms with Gasteiger partial charge in [0.1, 0.15) is 0 Å². The van der Waals surface area contributed by atoms with E-state index in [0.29, 0.717) is 6.54 Å². The van der Waals surface area contributed by atoms with Gasteiger partial charge in [-0.3, -0.25) is 4.79 Å². The summed E-state index contributed by atoms with van der Waals surface area (Å²) in [6.45, 7) is 2.01. The van der Waals surface area contributed by atoms with Crippen LogP contribution in [0.2, 0.25) is 0 Å². The first-order valence-corrected chi connectivity index (χ1v) is 8.21. The van der Waals surface area contributed by atoms with Gasteiger partial charge in [-0.1, -0.05) is 48.5 Å². The first-order chi connectivity index (χ1) is 11.6. The zero-order valence-corrected chi connectivity index (χ0v) is 15.4. The summed E-state index contributed by atoms with van der Waals surface area (Å²) in [6, 6.07) is 18.5. The average molecular weight is 358 g/mol. The van der Waals surface area contributed by atoms with Crippen LogP contribution in [0.3, 0.4) is 0 Å². The molecule has 2 N–H and O–H groups in total. The maximum Gasteiger partial charge on any atom is 0.238 e. The molecule has 4 nitrogen and oxygen atoms in total. The Labute approximate surface area is 154 Å². The number of nitrogens with one attached hydrogen (secondary N) is 2. The Kier molecular flexibility index (Phi) is 6.76. The topological polar surface area (TPSA) is 44.4 Å². The molecule has 0 aliphatic heterocycles. The molecule has 3 aromatic carbocycles. The normalized spacial score (nSPS) is 10.8. The van der Waals surface area contributed by atoms with Crippen molar-refractivity contribution in [3.8, 4) is 0 Å². The minimum atomic E-state index is -0.0183. The standard InChI is InChI=1S/C20H23N3O.ClH/c1-23(2)12-11-21-14-19(24)22-20-17-9-5-3-7-15(17)13-16-8-4-6-10-18(16)20;/h3-10,13,21H,11-12,14H2,1-2H3,(H,22,24);1H. The Balaban J connectivity index is 0.00000225. The fraction of sp³-hybridized carbons (Fsp3) is 0.250. The molecule has 0 radical (unpaired) electrons. The van der Waals surface area contributed by atoms with Crippen LogP contribution in [-0.2, 0) is 4.79 Å². The van der Waals surface area contributed by atoms with E-state index in [-0.39, 0.29) is 18.3 Å². The number of benzene rings is 3. The van der Waals surface area contributed by atoms with E-state index in [2.05, 4.69) is 45.9 Å². The third-order valence-electron chi connectivity index (χ3n) is 4.06. The summed E-state index contributed by atoms with van der Waals surface area (Å²) >= 11 is 0. The number of anilines is 1. The quantitative estimate of drug-likeness (QED) is 0.524. The van der Waals surface area contributed by atoms with Gasteiger partial charge >= 0.3 is 0 Å². The van der Waals surface area contributed by atoms with Gasteiger partial charge in [0.15, 0.2) is 0 Å². The van der Waals surface area contributed by atoms with E-state index in [9.17, 15) is 4.79 Å². The van der Waals surface area contributed by atoms with Crippen molar-refractivity contribution in [2.45, 2.75) is 0 Å². The number of hydrogen-bond donors (Lipinski definition) is 2. The first kappa shape index (κ1) is 19.2. The van der Waals surface area contributed by atoms with Crippen LogP contribution in [0.1, 0.15) is 0 Å². The number of halogens is 1. The highest BCUT2D eigenvalue weighted by Crippen LogP contribution is 2.32. The number of rotatable bonds is 6. The van der Waals surface area contributed by atoms with Gasteiger partial charge < -0.3 is 15.5 Å². The van der Waals surface area contributed by atoms with Crippen molar-refractivity contribution in [1.29, 1.82) is 0 Å². The van der Waals surface area contributed by atoms with E-state index >= 15 is 0 Å². The molecule has 0 aliphatic rings. The third-order valence-corrected chi connectivity index (χ3v) is 4.06. The Hall–Kier alpha value is -2.14. The van der Waals surface area contributed by atoms with Crippen molar-refractivity contribution in [1.82, 2.24) is 10.2 Å². The van der Waals surface area contributed by atoms with Gasteiger partial charge in [0.05, 0.1) is 12.2 Å². The highest BCUT2D eigenvalue weighted by Gasteiger charge is 2.10. The van der Waals surface area contributed by atoms with Crippen molar-refractivity contribution < 1.29 is 4.79 Å². The minimum absolute atomic E-state index is 0. The van der Waals surface area contributed by atoms with Gasteiger partial charge in [-0.2, -0.15) is 0 Å². The van der Waals surface area contributed by atoms with E-state index < -0.39 is 0 Å². The van der Waals surface area contributed by atoms with Crippen molar-refractivity contribution >= 4 is 45.5 Å². The summed E-state index contributed by atoms with van der Waals surface area (Å²) in [5, 5.41) is 10.7. The number of nitrogens with zero attached hydrogens (tertiary/aromatic N) is 1. The summed E-state index contributed by atoms with van der Waals surface area (Å²) in [5.74, 6) is -0.0183. The van der Waals surface area contributed by atoms with E-state index in [0.717, 1.165) is 40.3 Å². The lowest BCUT2D eigenvalue weighted by Gasteiger charge is -2.14. The van der Waals surface area contributed by atoms with Gasteiger partial charge in [0, 0.05) is 23.9 Å². The SMILES string of the molecule is CN(C)CCNCC(=O)Nc1c2ccccc2cc2ccccc12.Cl. The summed E-state index contributed by atoms with van der Waals surface area (Å²) in [5.41, 5.74) is 0.892. The molecule has 0 heterocycles. The van der Waals surface area contributed by atoms with Crippen LogP contribution in [0.25, 0.3) is 21.5 Å². The van der Waals surface area contributed by atoms with Crippen molar-refractivity contribution in [2.75, 3.05) is 39.0 Å². The third kappa shape index (κ3) is 4.69. The lowest BCUT2D eigenvalue weighted by Crippen LogP contribution is -2.33. The van der Waals surface area contributed by atoms with E-state index in [4.69, 9.17) is 0 Å². The van der Waals surface area contributed by atoms with Gasteiger partial charge in [-0.15, -0.1) is 12.4 Å². The second kappa shape index (κ2) is 8.81. The number of hydrogen-bond acceptors (Lipinski definition) is 3. The highest BCUT2D eigenvalue weighted by molar-refractivity contribution is 6.15. The first-order valence-electron chi connectivity index (χ1n) is 8.21. The monoisotopic (exact) mass is 357 g/mol. The van der Waals surface area contributed by atoms with Gasteiger partial charge in [-0.25, -0.2) is 0 Å². The summed E-state index contributed by atoms with van der Waals surface area (Å²) < 4.78 is 0. The molecule has 0 saturated heterocycles. The molecule has 25 heavy (non-hydrogen) atoms. The average Bonchev–Trinajstić information content (AvgIpc) is 2.58. The number of carbonyl (C=O) groups excluding carboxylic acids is 1. The van der Waals surface area contributed by atoms with Crippen molar-refractivity contribution in [3.05, 3.63) is 54.6 Å². The molecule has 132 valence electrons. The number of carbonyl (C=O) groups is 1. The second-order valence-corrected chi connectivity index (χ2v) is 6.22. The maximum atomic E-state index is 12.4. The molecule has 0 saturated carbocycles. The zero-order chi connectivity index (χ0) is 16.9. The van der Waals surface area contributed by atoms with Gasteiger partial charge in [0.2, 0.25) is 5.91 Å². The molecule has 0 aliphatic carbocycles. The molecule has 0 aromatic heterocycles. The largest absolute Gasteiger partial charge is 0.324 e. The van der Waals surface area contributed by atoms with Crippen molar-refractivity contribution in [2.24, 2.45) is 0 Å². The molecule has 0 bridgehead atoms. The lowest BCUT2D eigenvalue weighted by molar-refractivity contribution is -0.115. The molecule has 0 spiro atoms. The van der Waals surface area contributed by atoms with E-state index in [1.54, 1.807) is 0 Å². The summed E-state index contributed by atoms with van der Waals surface area (Å²) in [7, 11) is 4.04. The van der Waals surface area contributed by atoms with Crippen LogP contribution in [0.4, 0.5) is 5.69 Å². The second-order valence-electron chi connectivity index (χ2n) is 6.22. The van der Waals surface area contributed by atoms with Crippen LogP contribution in [0.5, 0.6) is 0 Å². The minimum Gasteiger partial charge on any atom is -0.324 e. The highest BCUT2D eigenvalue weighted by atomic mass is 35.5. The Bertz CT molecular complexity index is 810. The molecule has 0 unspecified atom stereocenters. The van der Waals surface area contributed by atoms with Gasteiger partial charge in [0.25, 0.3) is 0 Å². The van der Waals surface area contributed by atoms with Gasteiger partial charge in [-0.05, 0) is 30.9 Å². The lowest BCUT2D eigenvalue weighted by atomic mass is 10.0. The number of fused-ring (bicyclic) bond motifs is 2. The Morgan fingerprint density at radius 3 is 2.08 bits per heavy atom. The van der Waals surface area contributed by atoms with Crippen LogP contribution >= 0.6 is 12.4 Å². The van der Waals surface area contributed by atoms with Crippen LogP contribution in [0, 0.1) is 0 Å². The van der Waals surface area contributed by atoms with E-state index in [1.807, 2.05) is 38.4 Å². The Morgan fingerprint density at radius 2 is 1.52 bits per heavy atom. The van der Waals surface area contributed by atoms with E-state index in [1.165, 1.54) is 0 Å². The number of likely N-dealkylation sites (N-methyl/N-ethyl adjacent to an activating group) is 1. The molecular formula is C20H24ClN3O. The fourth-order valence-corrected chi connectivity index (χ4v) is 2.84. The Morgan fingerprint density at radius 1 is 0.960 bits per heavy atom. The van der Waals surface area contributed by atoms with Crippen LogP contribution < -0.4 is 10.6 Å². The van der Waals surface area contributed by atoms with Crippen molar-refractivity contribution in [3.63, 3.8) is 0 Å². The molecule has 0 fully saturated rings. The molecule has 3 aromatic rings. The fourth-order valence-electron chi connectivity index (χ4n) is 2.84. The maximum absolute atomic E-state index is 12.4. The summed E-state index contributed by atoms with van der Waals surface area (Å²) in [6.07, 6.45) is 0. The predicted octanol–water partition coefficient (Wildman–Crippen LogP) is 3.50. The molecule has 1 amide bonds. The molecule has 0 atom stereocenters. The predicted molar refractivity (Wildman–Crippen MR) is 109 cm³/mol. The molecule has 5 heteroatoms.